The Balaban J connectivity index is 0.960. The molecule has 3 heterocycles. The molecule has 0 spiro atoms. The van der Waals surface area contributed by atoms with Gasteiger partial charge in [0.1, 0.15) is 11.1 Å². The van der Waals surface area contributed by atoms with E-state index in [0.717, 1.165) is 31.0 Å². The summed E-state index contributed by atoms with van der Waals surface area (Å²) in [6.45, 7) is 7.30. The van der Waals surface area contributed by atoms with E-state index in [9.17, 15) is 4.79 Å². The fraction of sp³-hybridized carbons (Fsp3) is 0.606. The van der Waals surface area contributed by atoms with Gasteiger partial charge in [-0.3, -0.25) is 4.90 Å². The fourth-order valence-corrected chi connectivity index (χ4v) is 8.36. The van der Waals surface area contributed by atoms with Crippen molar-refractivity contribution < 1.29 is 9.53 Å². The van der Waals surface area contributed by atoms with Crippen LogP contribution in [0.3, 0.4) is 0 Å². The molecule has 236 valence electrons. The molecule has 0 radical (unpaired) electrons. The summed E-state index contributed by atoms with van der Waals surface area (Å²) in [6.07, 6.45) is 12.9. The van der Waals surface area contributed by atoms with Gasteiger partial charge in [-0.05, 0) is 88.3 Å². The van der Waals surface area contributed by atoms with Crippen molar-refractivity contribution in [2.75, 3.05) is 56.9 Å². The Morgan fingerprint density at radius 1 is 0.955 bits per heavy atom. The molecule has 3 fully saturated rings. The highest BCUT2D eigenvalue weighted by atomic mass is 35.5. The molecule has 1 aromatic carbocycles. The van der Waals surface area contributed by atoms with Crippen LogP contribution in [0, 0.1) is 11.8 Å². The topological polar surface area (TPSA) is 112 Å². The van der Waals surface area contributed by atoms with E-state index in [1.807, 2.05) is 0 Å². The first-order chi connectivity index (χ1) is 21.4. The van der Waals surface area contributed by atoms with Crippen LogP contribution in [0.4, 0.5) is 22.2 Å². The van der Waals surface area contributed by atoms with Crippen LogP contribution in [0.25, 0.3) is 0 Å². The van der Waals surface area contributed by atoms with Crippen molar-refractivity contribution in [3.05, 3.63) is 52.7 Å². The number of nitrogens with one attached hydrogen (secondary N) is 2. The van der Waals surface area contributed by atoms with Gasteiger partial charge < -0.3 is 30.9 Å². The molecule has 1 aromatic heterocycles. The number of carbonyl (C=O) groups is 1. The first kappa shape index (κ1) is 29.8. The molecular formula is C33H45ClN8O2. The number of aryl methyl sites for hydroxylation is 2. The Morgan fingerprint density at radius 3 is 2.43 bits per heavy atom. The third-order valence-electron chi connectivity index (χ3n) is 10.7. The summed E-state index contributed by atoms with van der Waals surface area (Å²) in [5.41, 5.74) is 9.20. The minimum atomic E-state index is -0.765. The van der Waals surface area contributed by atoms with Crippen LogP contribution < -0.4 is 16.4 Å². The average molecular weight is 621 g/mol. The number of benzene rings is 1. The van der Waals surface area contributed by atoms with Crippen molar-refractivity contribution >= 4 is 35.1 Å². The number of carbonyl (C=O) groups excluding carboxylic acids is 1. The number of piperazine rings is 1. The lowest BCUT2D eigenvalue weighted by atomic mass is 9.98. The third-order valence-corrected chi connectivity index (χ3v) is 11.0. The van der Waals surface area contributed by atoms with Crippen LogP contribution in [0.2, 0.25) is 5.02 Å². The molecule has 3 aliphatic carbocycles. The molecule has 5 atom stereocenters. The van der Waals surface area contributed by atoms with Crippen molar-refractivity contribution in [2.24, 2.45) is 17.6 Å². The molecule has 4 N–H and O–H groups in total. The SMILES string of the molecule is CN1CCN(C2CCN(C3CCc4ccc(Nc5ncc(Cl)c(N[C@H]6[C@@H](OC(N)=O)[C@@H]7C=C[C@H]6C7)n5)cc4CC3)CC2)CC1. The lowest BCUT2D eigenvalue weighted by molar-refractivity contribution is 0.0514. The normalized spacial score (nSPS) is 29.7. The zero-order valence-corrected chi connectivity index (χ0v) is 26.4. The number of nitrogens with two attached hydrogens (primary N) is 1. The Kier molecular flexibility index (Phi) is 8.68. The van der Waals surface area contributed by atoms with Gasteiger partial charge in [-0.15, -0.1) is 0 Å². The zero-order chi connectivity index (χ0) is 30.2. The Bertz CT molecular complexity index is 1370. The number of piperidine rings is 1. The summed E-state index contributed by atoms with van der Waals surface area (Å²) in [4.78, 5) is 28.6. The second-order valence-electron chi connectivity index (χ2n) is 13.4. The zero-order valence-electron chi connectivity index (χ0n) is 25.6. The van der Waals surface area contributed by atoms with Gasteiger partial charge in [0.2, 0.25) is 5.95 Å². The van der Waals surface area contributed by atoms with Crippen molar-refractivity contribution in [1.82, 2.24) is 24.7 Å². The number of nitrogens with zero attached hydrogens (tertiary/aromatic N) is 5. The highest BCUT2D eigenvalue weighted by Crippen LogP contribution is 2.43. The molecule has 1 saturated carbocycles. The minimum Gasteiger partial charge on any atom is -0.444 e. The first-order valence-electron chi connectivity index (χ1n) is 16.4. The highest BCUT2D eigenvalue weighted by Gasteiger charge is 2.47. The monoisotopic (exact) mass is 620 g/mol. The van der Waals surface area contributed by atoms with Crippen molar-refractivity contribution in [3.63, 3.8) is 0 Å². The van der Waals surface area contributed by atoms with E-state index < -0.39 is 6.09 Å². The summed E-state index contributed by atoms with van der Waals surface area (Å²) in [5, 5.41) is 7.24. The van der Waals surface area contributed by atoms with Gasteiger partial charge in [0.15, 0.2) is 5.82 Å². The standard InChI is InChI=1S/C33H45ClN8O2/c1-40-14-16-42(17-15-40)27-10-12-41(13-11-27)26-8-5-21-4-7-25(19-22(21)6-9-26)37-33-36-20-28(34)31(39-33)38-29-23-2-3-24(18-23)30(29)44-32(35)43/h2-4,7,19-20,23-24,26-27,29-30H,5-6,8-18H2,1H3,(H2,35,43)(H2,36,37,38,39)/t23-,24+,26?,29+,30-/m0/s1. The molecule has 2 bridgehead atoms. The van der Waals surface area contributed by atoms with E-state index in [2.05, 4.69) is 67.7 Å². The number of halogens is 1. The van der Waals surface area contributed by atoms with Gasteiger partial charge in [0, 0.05) is 55.8 Å². The summed E-state index contributed by atoms with van der Waals surface area (Å²) in [5.74, 6) is 1.36. The molecule has 10 nitrogen and oxygen atoms in total. The third kappa shape index (κ3) is 6.40. The molecule has 7 rings (SSSR count). The van der Waals surface area contributed by atoms with Crippen molar-refractivity contribution in [1.29, 1.82) is 0 Å². The Hall–Kier alpha value is -2.92. The van der Waals surface area contributed by atoms with E-state index in [1.54, 1.807) is 6.20 Å². The number of fused-ring (bicyclic) bond motifs is 3. The number of likely N-dealkylation sites (N-methyl/N-ethyl adjacent to an activating group) is 1. The number of primary amides is 1. The minimum absolute atomic E-state index is 0.143. The second kappa shape index (κ2) is 12.8. The van der Waals surface area contributed by atoms with E-state index >= 15 is 0 Å². The van der Waals surface area contributed by atoms with Crippen LogP contribution in [0.15, 0.2) is 36.5 Å². The number of aromatic nitrogens is 2. The Morgan fingerprint density at radius 2 is 1.66 bits per heavy atom. The van der Waals surface area contributed by atoms with Gasteiger partial charge in [-0.25, -0.2) is 9.78 Å². The van der Waals surface area contributed by atoms with Crippen LogP contribution in [-0.2, 0) is 17.6 Å². The highest BCUT2D eigenvalue weighted by molar-refractivity contribution is 6.32. The van der Waals surface area contributed by atoms with Gasteiger partial charge in [-0.2, -0.15) is 4.98 Å². The molecule has 2 saturated heterocycles. The van der Waals surface area contributed by atoms with Gasteiger partial charge in [0.25, 0.3) is 0 Å². The molecule has 11 heteroatoms. The molecule has 2 aliphatic heterocycles. The summed E-state index contributed by atoms with van der Waals surface area (Å²) < 4.78 is 5.45. The lowest BCUT2D eigenvalue weighted by Crippen LogP contribution is -2.53. The van der Waals surface area contributed by atoms with Crippen molar-refractivity contribution in [2.45, 2.75) is 69.2 Å². The van der Waals surface area contributed by atoms with Gasteiger partial charge >= 0.3 is 6.09 Å². The van der Waals surface area contributed by atoms with Crippen LogP contribution in [0.5, 0.6) is 0 Å². The number of rotatable bonds is 7. The smallest absolute Gasteiger partial charge is 0.404 e. The van der Waals surface area contributed by atoms with E-state index in [1.165, 1.54) is 76.1 Å². The number of ether oxygens (including phenoxy) is 1. The fourth-order valence-electron chi connectivity index (χ4n) is 8.21. The quantitative estimate of drug-likeness (QED) is 0.308. The van der Waals surface area contributed by atoms with Gasteiger partial charge in [-0.1, -0.05) is 29.8 Å². The molecule has 2 aromatic rings. The van der Waals surface area contributed by atoms with Gasteiger partial charge in [0.05, 0.1) is 12.2 Å². The first-order valence-corrected chi connectivity index (χ1v) is 16.8. The largest absolute Gasteiger partial charge is 0.444 e. The average Bonchev–Trinajstić information content (AvgIpc) is 3.55. The Labute approximate surface area is 265 Å². The molecule has 44 heavy (non-hydrogen) atoms. The van der Waals surface area contributed by atoms with Crippen molar-refractivity contribution in [3.8, 4) is 0 Å². The maximum absolute atomic E-state index is 11.5. The number of likely N-dealkylation sites (tertiary alicyclic amines) is 1. The van der Waals surface area contributed by atoms with E-state index in [-0.39, 0.29) is 24.0 Å². The maximum Gasteiger partial charge on any atom is 0.404 e. The lowest BCUT2D eigenvalue weighted by Gasteiger charge is -2.44. The molecule has 1 amide bonds. The number of hydrogen-bond acceptors (Lipinski definition) is 9. The van der Waals surface area contributed by atoms with E-state index in [0.29, 0.717) is 22.8 Å². The maximum atomic E-state index is 11.5. The summed E-state index contributed by atoms with van der Waals surface area (Å²) in [7, 11) is 2.24. The molecule has 1 unspecified atom stereocenters. The number of anilines is 3. The molecule has 5 aliphatic rings. The second-order valence-corrected chi connectivity index (χ2v) is 13.8. The van der Waals surface area contributed by atoms with Crippen LogP contribution >= 0.6 is 11.6 Å². The predicted molar refractivity (Wildman–Crippen MR) is 173 cm³/mol. The molecular weight excluding hydrogens is 576 g/mol. The predicted octanol–water partition coefficient (Wildman–Crippen LogP) is 4.28. The van der Waals surface area contributed by atoms with Crippen LogP contribution in [0.1, 0.15) is 43.2 Å². The summed E-state index contributed by atoms with van der Waals surface area (Å²) >= 11 is 6.50. The summed E-state index contributed by atoms with van der Waals surface area (Å²) in [6, 6.07) is 7.93. The number of amides is 1. The number of hydrogen-bond donors (Lipinski definition) is 3. The van der Waals surface area contributed by atoms with E-state index in [4.69, 9.17) is 27.1 Å². The van der Waals surface area contributed by atoms with Crippen LogP contribution in [-0.4, -0.2) is 101 Å².